The Morgan fingerprint density at radius 3 is 2.81 bits per heavy atom. The van der Waals surface area contributed by atoms with Gasteiger partial charge >= 0.3 is 0 Å². The molecule has 0 spiro atoms. The molecule has 5 nitrogen and oxygen atoms in total. The highest BCUT2D eigenvalue weighted by molar-refractivity contribution is 5.83. The first-order chi connectivity index (χ1) is 7.44. The Hall–Kier alpha value is -1.12. The molecule has 0 aromatic carbocycles. The summed E-state index contributed by atoms with van der Waals surface area (Å²) in [4.78, 5) is 13.7. The molecular weight excluding hydrogens is 204 g/mol. The Labute approximate surface area is 96.4 Å². The number of nitrogens with zero attached hydrogens (tertiary/aromatic N) is 2. The number of carbonyl (C=O) groups excluding carboxylic acids is 1. The highest BCUT2D eigenvalue weighted by atomic mass is 16.2. The summed E-state index contributed by atoms with van der Waals surface area (Å²) in [5.41, 5.74) is 11.1. The van der Waals surface area contributed by atoms with Crippen molar-refractivity contribution in [2.45, 2.75) is 38.8 Å². The molecule has 1 unspecified atom stereocenters. The van der Waals surface area contributed by atoms with Gasteiger partial charge in [-0.05, 0) is 19.4 Å². The molecule has 1 heterocycles. The monoisotopic (exact) mass is 224 g/mol. The summed E-state index contributed by atoms with van der Waals surface area (Å²) < 4.78 is 0. The zero-order valence-corrected chi connectivity index (χ0v) is 9.94. The van der Waals surface area contributed by atoms with Gasteiger partial charge < -0.3 is 16.4 Å². The minimum absolute atomic E-state index is 0.153. The van der Waals surface area contributed by atoms with Gasteiger partial charge in [-0.25, -0.2) is 0 Å². The Morgan fingerprint density at radius 2 is 2.31 bits per heavy atom. The van der Waals surface area contributed by atoms with Gasteiger partial charge in [0.1, 0.15) is 6.04 Å². The van der Waals surface area contributed by atoms with Crippen molar-refractivity contribution in [3.8, 4) is 6.07 Å². The predicted octanol–water partition coefficient (Wildman–Crippen LogP) is -0.187. The predicted molar refractivity (Wildman–Crippen MR) is 61.2 cm³/mol. The molecule has 0 bridgehead atoms. The van der Waals surface area contributed by atoms with Crippen molar-refractivity contribution < 1.29 is 4.79 Å². The van der Waals surface area contributed by atoms with Crippen LogP contribution in [0, 0.1) is 16.7 Å². The molecule has 16 heavy (non-hydrogen) atoms. The van der Waals surface area contributed by atoms with E-state index in [2.05, 4.69) is 6.07 Å². The van der Waals surface area contributed by atoms with Crippen molar-refractivity contribution in [1.82, 2.24) is 4.90 Å². The van der Waals surface area contributed by atoms with Crippen molar-refractivity contribution in [1.29, 1.82) is 5.26 Å². The number of rotatable bonds is 3. The van der Waals surface area contributed by atoms with Crippen molar-refractivity contribution >= 4 is 5.91 Å². The Kier molecular flexibility index (Phi) is 3.89. The number of amides is 1. The zero-order valence-electron chi connectivity index (χ0n) is 9.94. The second-order valence-electron chi connectivity index (χ2n) is 4.99. The molecule has 1 aliphatic heterocycles. The van der Waals surface area contributed by atoms with Crippen LogP contribution < -0.4 is 11.5 Å². The number of carbonyl (C=O) groups is 1. The minimum atomic E-state index is -0.633. The quantitative estimate of drug-likeness (QED) is 0.694. The van der Waals surface area contributed by atoms with Gasteiger partial charge in [0.25, 0.3) is 0 Å². The van der Waals surface area contributed by atoms with Crippen molar-refractivity contribution in [3.05, 3.63) is 0 Å². The fourth-order valence-electron chi connectivity index (χ4n) is 1.80. The summed E-state index contributed by atoms with van der Waals surface area (Å²) in [6.45, 7) is 4.72. The molecule has 0 aromatic heterocycles. The molecule has 0 radical (unpaired) electrons. The van der Waals surface area contributed by atoms with E-state index in [4.69, 9.17) is 16.7 Å². The minimum Gasteiger partial charge on any atom is -0.330 e. The third-order valence-corrected chi connectivity index (χ3v) is 3.32. The second kappa shape index (κ2) is 4.81. The molecule has 1 aliphatic rings. The SMILES string of the molecule is CC(C)(CN)C(N)C(=O)N1CCC[C@H]1C#N. The van der Waals surface area contributed by atoms with Gasteiger partial charge in [-0.15, -0.1) is 0 Å². The smallest absolute Gasteiger partial charge is 0.241 e. The molecule has 0 aromatic rings. The van der Waals surface area contributed by atoms with E-state index in [1.54, 1.807) is 4.90 Å². The van der Waals surface area contributed by atoms with Gasteiger partial charge in [0.05, 0.1) is 12.1 Å². The average molecular weight is 224 g/mol. The molecule has 0 saturated carbocycles. The van der Waals surface area contributed by atoms with E-state index in [-0.39, 0.29) is 11.9 Å². The molecule has 90 valence electrons. The fraction of sp³-hybridized carbons (Fsp3) is 0.818. The molecular formula is C11H20N4O. The number of hydrogen-bond donors (Lipinski definition) is 2. The number of nitrogens with two attached hydrogens (primary N) is 2. The Bertz CT molecular complexity index is 308. The molecule has 1 saturated heterocycles. The molecule has 1 rings (SSSR count). The number of likely N-dealkylation sites (tertiary alicyclic amines) is 1. The van der Waals surface area contributed by atoms with Crippen LogP contribution in [0.25, 0.3) is 0 Å². The summed E-state index contributed by atoms with van der Waals surface area (Å²) in [5.74, 6) is -0.153. The maximum atomic E-state index is 12.1. The van der Waals surface area contributed by atoms with Crippen LogP contribution in [0.1, 0.15) is 26.7 Å². The standard InChI is InChI=1S/C11H20N4O/c1-11(2,7-13)9(14)10(16)15-5-3-4-8(15)6-12/h8-9H,3-5,7,13-14H2,1-2H3/t8-,9?/m0/s1. The lowest BCUT2D eigenvalue weighted by atomic mass is 9.84. The van der Waals surface area contributed by atoms with Crippen molar-refractivity contribution in [2.75, 3.05) is 13.1 Å². The van der Waals surface area contributed by atoms with Crippen molar-refractivity contribution in [2.24, 2.45) is 16.9 Å². The van der Waals surface area contributed by atoms with Crippen molar-refractivity contribution in [3.63, 3.8) is 0 Å². The van der Waals surface area contributed by atoms with Gasteiger partial charge in [0.15, 0.2) is 0 Å². The molecule has 4 N–H and O–H groups in total. The third kappa shape index (κ3) is 2.34. The lowest BCUT2D eigenvalue weighted by Gasteiger charge is -2.33. The fourth-order valence-corrected chi connectivity index (χ4v) is 1.80. The topological polar surface area (TPSA) is 96.1 Å². The van der Waals surface area contributed by atoms with Gasteiger partial charge in [0.2, 0.25) is 5.91 Å². The van der Waals surface area contributed by atoms with Gasteiger partial charge in [-0.1, -0.05) is 13.8 Å². The lowest BCUT2D eigenvalue weighted by Crippen LogP contribution is -2.54. The summed E-state index contributed by atoms with van der Waals surface area (Å²) in [6.07, 6.45) is 1.62. The molecule has 1 amide bonds. The average Bonchev–Trinajstić information content (AvgIpc) is 2.74. The Balaban J connectivity index is 2.75. The summed E-state index contributed by atoms with van der Waals surface area (Å²) in [7, 11) is 0. The van der Waals surface area contributed by atoms with Crippen LogP contribution in [0.3, 0.4) is 0 Å². The van der Waals surface area contributed by atoms with Crippen LogP contribution in [-0.2, 0) is 4.79 Å². The number of hydrogen-bond acceptors (Lipinski definition) is 4. The first-order valence-electron chi connectivity index (χ1n) is 5.60. The highest BCUT2D eigenvalue weighted by Crippen LogP contribution is 2.23. The normalized spacial score (nSPS) is 22.9. The van der Waals surface area contributed by atoms with E-state index in [9.17, 15) is 4.79 Å². The molecule has 2 atom stereocenters. The van der Waals surface area contributed by atoms with Crippen LogP contribution in [0.15, 0.2) is 0 Å². The Morgan fingerprint density at radius 1 is 1.69 bits per heavy atom. The van der Waals surface area contributed by atoms with Crippen LogP contribution in [0.5, 0.6) is 0 Å². The van der Waals surface area contributed by atoms with E-state index in [1.807, 2.05) is 13.8 Å². The van der Waals surface area contributed by atoms with Gasteiger partial charge in [-0.3, -0.25) is 4.79 Å². The van der Waals surface area contributed by atoms with E-state index < -0.39 is 11.5 Å². The maximum Gasteiger partial charge on any atom is 0.241 e. The van der Waals surface area contributed by atoms with Crippen LogP contribution in [0.4, 0.5) is 0 Å². The largest absolute Gasteiger partial charge is 0.330 e. The van der Waals surface area contributed by atoms with E-state index in [1.165, 1.54) is 0 Å². The number of nitriles is 1. The summed E-state index contributed by atoms with van der Waals surface area (Å²) >= 11 is 0. The van der Waals surface area contributed by atoms with Crippen LogP contribution in [-0.4, -0.2) is 36.0 Å². The van der Waals surface area contributed by atoms with E-state index >= 15 is 0 Å². The maximum absolute atomic E-state index is 12.1. The molecule has 1 fully saturated rings. The summed E-state index contributed by atoms with van der Waals surface area (Å²) in [6, 6.07) is 1.19. The first-order valence-corrected chi connectivity index (χ1v) is 5.60. The second-order valence-corrected chi connectivity index (χ2v) is 4.99. The highest BCUT2D eigenvalue weighted by Gasteiger charge is 2.37. The van der Waals surface area contributed by atoms with Crippen LogP contribution in [0.2, 0.25) is 0 Å². The summed E-state index contributed by atoms with van der Waals surface area (Å²) in [5, 5.41) is 8.92. The first kappa shape index (κ1) is 12.9. The van der Waals surface area contributed by atoms with E-state index in [0.29, 0.717) is 13.1 Å². The lowest BCUT2D eigenvalue weighted by molar-refractivity contribution is -0.135. The van der Waals surface area contributed by atoms with Crippen LogP contribution >= 0.6 is 0 Å². The van der Waals surface area contributed by atoms with Gasteiger partial charge in [-0.2, -0.15) is 5.26 Å². The molecule has 5 heteroatoms. The third-order valence-electron chi connectivity index (χ3n) is 3.32. The zero-order chi connectivity index (χ0) is 12.3. The van der Waals surface area contributed by atoms with E-state index in [0.717, 1.165) is 12.8 Å². The van der Waals surface area contributed by atoms with Gasteiger partial charge in [0, 0.05) is 12.0 Å². The molecule has 0 aliphatic carbocycles.